The van der Waals surface area contributed by atoms with Crippen LogP contribution in [-0.4, -0.2) is 66.0 Å². The van der Waals surface area contributed by atoms with Crippen molar-refractivity contribution in [1.82, 2.24) is 9.80 Å². The van der Waals surface area contributed by atoms with Crippen molar-refractivity contribution in [2.75, 3.05) is 33.4 Å². The van der Waals surface area contributed by atoms with Gasteiger partial charge in [-0.1, -0.05) is 24.3 Å². The highest BCUT2D eigenvalue weighted by atomic mass is 16.5. The van der Waals surface area contributed by atoms with Crippen LogP contribution in [0.2, 0.25) is 0 Å². The number of carbonyl (C=O) groups is 3. The van der Waals surface area contributed by atoms with Crippen LogP contribution < -0.4 is 4.74 Å². The van der Waals surface area contributed by atoms with E-state index in [1.54, 1.807) is 36.3 Å². The van der Waals surface area contributed by atoms with Crippen LogP contribution >= 0.6 is 0 Å². The van der Waals surface area contributed by atoms with E-state index in [0.717, 1.165) is 29.1 Å². The van der Waals surface area contributed by atoms with Crippen LogP contribution in [0.3, 0.4) is 0 Å². The zero-order valence-corrected chi connectivity index (χ0v) is 17.5. The van der Waals surface area contributed by atoms with Crippen LogP contribution in [0.1, 0.15) is 39.1 Å². The summed E-state index contributed by atoms with van der Waals surface area (Å²) in [4.78, 5) is 40.9. The van der Waals surface area contributed by atoms with Crippen molar-refractivity contribution in [1.29, 1.82) is 0 Å². The standard InChI is InChI=1S/C24H26N2O5/c1-31-18-7-4-6-17(12-18)13-24(16-27)10-5-11-25(15-24)21(28)14-26-22(29)19-8-2-3-9-20(19)23(26)30/h2-4,6-9,12,27H,5,10-11,13-16H2,1H3. The first-order chi connectivity index (χ1) is 15.0. The number of hydrogen-bond donors (Lipinski definition) is 1. The molecule has 2 aliphatic heterocycles. The number of benzene rings is 2. The Kier molecular flexibility index (Phi) is 5.78. The highest BCUT2D eigenvalue weighted by Crippen LogP contribution is 2.34. The molecule has 7 nitrogen and oxygen atoms in total. The Bertz CT molecular complexity index is 986. The van der Waals surface area contributed by atoms with Gasteiger partial charge in [0, 0.05) is 18.5 Å². The molecule has 1 saturated heterocycles. The van der Waals surface area contributed by atoms with Crippen molar-refractivity contribution in [3.63, 3.8) is 0 Å². The van der Waals surface area contributed by atoms with Crippen molar-refractivity contribution in [3.05, 3.63) is 65.2 Å². The average molecular weight is 422 g/mol. The lowest BCUT2D eigenvalue weighted by molar-refractivity contribution is -0.135. The molecule has 0 spiro atoms. The lowest BCUT2D eigenvalue weighted by Gasteiger charge is -2.42. The second-order valence-electron chi connectivity index (χ2n) is 8.35. The van der Waals surface area contributed by atoms with E-state index < -0.39 is 17.2 Å². The summed E-state index contributed by atoms with van der Waals surface area (Å²) in [6, 6.07) is 14.3. The molecule has 0 saturated carbocycles. The zero-order valence-electron chi connectivity index (χ0n) is 17.5. The normalized spacial score (nSPS) is 20.7. The van der Waals surface area contributed by atoms with Crippen molar-refractivity contribution in [2.24, 2.45) is 5.41 Å². The van der Waals surface area contributed by atoms with Gasteiger partial charge >= 0.3 is 0 Å². The van der Waals surface area contributed by atoms with Gasteiger partial charge in [0.25, 0.3) is 11.8 Å². The molecule has 1 atom stereocenters. The number of aliphatic hydroxyl groups excluding tert-OH is 1. The van der Waals surface area contributed by atoms with Gasteiger partial charge in [-0.25, -0.2) is 0 Å². The zero-order chi connectivity index (χ0) is 22.0. The fourth-order valence-electron chi connectivity index (χ4n) is 4.58. The molecule has 2 aromatic carbocycles. The number of methoxy groups -OCH3 is 1. The third kappa shape index (κ3) is 4.05. The fourth-order valence-corrected chi connectivity index (χ4v) is 4.58. The summed E-state index contributed by atoms with van der Waals surface area (Å²) in [5.74, 6) is -0.399. The fraction of sp³-hybridized carbons (Fsp3) is 0.375. The molecule has 1 N–H and O–H groups in total. The first-order valence-corrected chi connectivity index (χ1v) is 10.4. The molecule has 1 unspecified atom stereocenters. The van der Waals surface area contributed by atoms with Gasteiger partial charge in [0.1, 0.15) is 12.3 Å². The van der Waals surface area contributed by atoms with Crippen LogP contribution in [-0.2, 0) is 11.2 Å². The van der Waals surface area contributed by atoms with Gasteiger partial charge in [0.15, 0.2) is 0 Å². The SMILES string of the molecule is COc1cccc(CC2(CO)CCCN(C(=O)CN3C(=O)c4ccccc4C3=O)C2)c1. The first kappa shape index (κ1) is 21.1. The van der Waals surface area contributed by atoms with E-state index in [1.165, 1.54) is 0 Å². The smallest absolute Gasteiger partial charge is 0.262 e. The Morgan fingerprint density at radius 2 is 1.81 bits per heavy atom. The summed E-state index contributed by atoms with van der Waals surface area (Å²) < 4.78 is 5.29. The molecule has 2 aliphatic rings. The number of hydrogen-bond acceptors (Lipinski definition) is 5. The van der Waals surface area contributed by atoms with Gasteiger partial charge in [-0.2, -0.15) is 0 Å². The second kappa shape index (κ2) is 8.51. The highest BCUT2D eigenvalue weighted by Gasteiger charge is 2.40. The van der Waals surface area contributed by atoms with Gasteiger partial charge < -0.3 is 14.7 Å². The summed E-state index contributed by atoms with van der Waals surface area (Å²) in [7, 11) is 1.61. The summed E-state index contributed by atoms with van der Waals surface area (Å²) in [6.07, 6.45) is 2.15. The number of piperidine rings is 1. The number of amides is 3. The third-order valence-electron chi connectivity index (χ3n) is 6.23. The number of nitrogens with zero attached hydrogens (tertiary/aromatic N) is 2. The number of rotatable bonds is 6. The van der Waals surface area contributed by atoms with Gasteiger partial charge in [-0.05, 0) is 49.1 Å². The predicted octanol–water partition coefficient (Wildman–Crippen LogP) is 2.13. The maximum atomic E-state index is 13.0. The van der Waals surface area contributed by atoms with Crippen LogP contribution in [0.4, 0.5) is 0 Å². The third-order valence-corrected chi connectivity index (χ3v) is 6.23. The van der Waals surface area contributed by atoms with E-state index in [1.807, 2.05) is 24.3 Å². The molecule has 4 rings (SSSR count). The number of imide groups is 1. The van der Waals surface area contributed by atoms with Crippen molar-refractivity contribution in [2.45, 2.75) is 19.3 Å². The van der Waals surface area contributed by atoms with E-state index in [-0.39, 0.29) is 19.1 Å². The quantitative estimate of drug-likeness (QED) is 0.721. The highest BCUT2D eigenvalue weighted by molar-refractivity contribution is 6.22. The molecule has 0 aliphatic carbocycles. The molecule has 0 bridgehead atoms. The summed E-state index contributed by atoms with van der Waals surface area (Å²) in [5, 5.41) is 10.2. The van der Waals surface area contributed by atoms with Gasteiger partial charge in [-0.15, -0.1) is 0 Å². The van der Waals surface area contributed by atoms with E-state index in [2.05, 4.69) is 0 Å². The minimum Gasteiger partial charge on any atom is -0.497 e. The number of fused-ring (bicyclic) bond motifs is 1. The average Bonchev–Trinajstić information content (AvgIpc) is 3.04. The Morgan fingerprint density at radius 3 is 2.45 bits per heavy atom. The molecule has 2 aromatic rings. The lowest BCUT2D eigenvalue weighted by Crippen LogP contribution is -2.52. The van der Waals surface area contributed by atoms with E-state index >= 15 is 0 Å². The number of likely N-dealkylation sites (tertiary alicyclic amines) is 1. The first-order valence-electron chi connectivity index (χ1n) is 10.4. The van der Waals surface area contributed by atoms with Crippen molar-refractivity contribution >= 4 is 17.7 Å². The van der Waals surface area contributed by atoms with Gasteiger partial charge in [0.2, 0.25) is 5.91 Å². The number of carbonyl (C=O) groups excluding carboxylic acids is 3. The minimum atomic E-state index is -0.470. The largest absolute Gasteiger partial charge is 0.497 e. The second-order valence-corrected chi connectivity index (χ2v) is 8.35. The Morgan fingerprint density at radius 1 is 1.10 bits per heavy atom. The molecule has 3 amide bonds. The van der Waals surface area contributed by atoms with Crippen LogP contribution in [0.5, 0.6) is 5.75 Å². The van der Waals surface area contributed by atoms with Gasteiger partial charge in [-0.3, -0.25) is 19.3 Å². The van der Waals surface area contributed by atoms with Crippen molar-refractivity contribution in [3.8, 4) is 5.75 Å². The molecule has 31 heavy (non-hydrogen) atoms. The van der Waals surface area contributed by atoms with E-state index in [9.17, 15) is 19.5 Å². The molecule has 162 valence electrons. The van der Waals surface area contributed by atoms with Crippen LogP contribution in [0.15, 0.2) is 48.5 Å². The van der Waals surface area contributed by atoms with E-state index in [0.29, 0.717) is 30.6 Å². The number of aliphatic hydroxyl groups is 1. The molecular weight excluding hydrogens is 396 g/mol. The topological polar surface area (TPSA) is 87.2 Å². The van der Waals surface area contributed by atoms with E-state index in [4.69, 9.17) is 4.74 Å². The molecule has 0 aromatic heterocycles. The Hall–Kier alpha value is -3.19. The summed E-state index contributed by atoms with van der Waals surface area (Å²) >= 11 is 0. The molecule has 1 fully saturated rings. The summed E-state index contributed by atoms with van der Waals surface area (Å²) in [6.45, 7) is 0.582. The maximum absolute atomic E-state index is 13.0. The predicted molar refractivity (Wildman–Crippen MR) is 114 cm³/mol. The van der Waals surface area contributed by atoms with Crippen molar-refractivity contribution < 1.29 is 24.2 Å². The van der Waals surface area contributed by atoms with Crippen LogP contribution in [0.25, 0.3) is 0 Å². The van der Waals surface area contributed by atoms with Crippen LogP contribution in [0, 0.1) is 5.41 Å². The molecule has 7 heteroatoms. The van der Waals surface area contributed by atoms with Gasteiger partial charge in [0.05, 0.1) is 24.8 Å². The maximum Gasteiger partial charge on any atom is 0.262 e. The molecular formula is C24H26N2O5. The molecule has 0 radical (unpaired) electrons. The lowest BCUT2D eigenvalue weighted by atomic mass is 9.75. The monoisotopic (exact) mass is 422 g/mol. The molecule has 2 heterocycles. The number of ether oxygens (including phenoxy) is 1. The summed E-state index contributed by atoms with van der Waals surface area (Å²) in [5.41, 5.74) is 1.23. The Balaban J connectivity index is 1.47. The Labute approximate surface area is 181 Å². The minimum absolute atomic E-state index is 0.0546.